The van der Waals surface area contributed by atoms with Gasteiger partial charge in [-0.2, -0.15) is 18.4 Å². The second-order valence-corrected chi connectivity index (χ2v) is 3.21. The normalized spacial score (nSPS) is 11.3. The average molecular weight is 280 g/mol. The van der Waals surface area contributed by atoms with Crippen molar-refractivity contribution in [1.29, 1.82) is 5.26 Å². The van der Waals surface area contributed by atoms with Crippen LogP contribution in [-0.2, 0) is 10.9 Å². The van der Waals surface area contributed by atoms with Crippen molar-refractivity contribution < 1.29 is 31.5 Å². The minimum Gasteiger partial charge on any atom is -0.464 e. The zero-order valence-electron chi connectivity index (χ0n) is 9.26. The van der Waals surface area contributed by atoms with Crippen LogP contribution in [0.25, 0.3) is 0 Å². The number of rotatable bonds is 2. The summed E-state index contributed by atoms with van der Waals surface area (Å²) in [4.78, 5) is 14.2. The molecule has 1 heterocycles. The summed E-state index contributed by atoms with van der Waals surface area (Å²) < 4.78 is 67.3. The third-order valence-corrected chi connectivity index (χ3v) is 2.13. The van der Waals surface area contributed by atoms with Crippen LogP contribution in [0, 0.1) is 11.3 Å². The summed E-state index contributed by atoms with van der Waals surface area (Å²) in [7, 11) is 0.850. The number of halogens is 5. The third-order valence-electron chi connectivity index (χ3n) is 2.13. The van der Waals surface area contributed by atoms with E-state index in [2.05, 4.69) is 9.72 Å². The quantitative estimate of drug-likeness (QED) is 0.617. The number of ether oxygens (including phenoxy) is 1. The van der Waals surface area contributed by atoms with Gasteiger partial charge in [0.25, 0.3) is 6.43 Å². The van der Waals surface area contributed by atoms with E-state index in [1.54, 1.807) is 0 Å². The molecule has 1 aromatic heterocycles. The molecule has 0 unspecified atom stereocenters. The zero-order chi connectivity index (χ0) is 14.8. The van der Waals surface area contributed by atoms with Crippen molar-refractivity contribution in [2.24, 2.45) is 0 Å². The maximum Gasteiger partial charge on any atom is 0.419 e. The van der Waals surface area contributed by atoms with E-state index in [-0.39, 0.29) is 6.20 Å². The van der Waals surface area contributed by atoms with Gasteiger partial charge in [-0.3, -0.25) is 0 Å². The molecule has 0 saturated heterocycles. The molecule has 0 radical (unpaired) electrons. The smallest absolute Gasteiger partial charge is 0.419 e. The zero-order valence-corrected chi connectivity index (χ0v) is 9.26. The van der Waals surface area contributed by atoms with Crippen LogP contribution in [0.3, 0.4) is 0 Å². The molecular formula is C10H5F5N2O2. The van der Waals surface area contributed by atoms with Gasteiger partial charge in [0.2, 0.25) is 0 Å². The summed E-state index contributed by atoms with van der Waals surface area (Å²) >= 11 is 0. The number of aromatic nitrogens is 1. The number of nitrogens with zero attached hydrogens (tertiary/aromatic N) is 2. The monoisotopic (exact) mass is 280 g/mol. The van der Waals surface area contributed by atoms with Crippen LogP contribution >= 0.6 is 0 Å². The van der Waals surface area contributed by atoms with E-state index in [1.807, 2.05) is 0 Å². The largest absolute Gasteiger partial charge is 0.464 e. The number of pyridine rings is 1. The Kier molecular flexibility index (Phi) is 4.04. The molecule has 1 rings (SSSR count). The first-order chi connectivity index (χ1) is 8.73. The van der Waals surface area contributed by atoms with E-state index in [1.165, 1.54) is 0 Å². The van der Waals surface area contributed by atoms with Crippen molar-refractivity contribution in [3.63, 3.8) is 0 Å². The lowest BCUT2D eigenvalue weighted by Crippen LogP contribution is -2.16. The Hall–Kier alpha value is -2.24. The molecule has 4 nitrogen and oxygen atoms in total. The summed E-state index contributed by atoms with van der Waals surface area (Å²) in [6.45, 7) is 0. The molecule has 102 valence electrons. The maximum atomic E-state index is 12.8. The van der Waals surface area contributed by atoms with Crippen molar-refractivity contribution in [2.45, 2.75) is 12.6 Å². The fourth-order valence-corrected chi connectivity index (χ4v) is 1.33. The number of carbonyl (C=O) groups is 1. The number of hydrogen-bond donors (Lipinski definition) is 0. The van der Waals surface area contributed by atoms with Crippen LogP contribution in [0.2, 0.25) is 0 Å². The number of esters is 1. The van der Waals surface area contributed by atoms with Crippen molar-refractivity contribution in [3.8, 4) is 6.07 Å². The standard InChI is InChI=1S/C10H5F5N2O2/c1-19-9(18)7-6(8(11)12)4(2-16)5(3-17-7)10(13,14)15/h3,8H,1H3. The van der Waals surface area contributed by atoms with Crippen molar-refractivity contribution in [2.75, 3.05) is 7.11 Å². The molecular weight excluding hydrogens is 275 g/mol. The molecule has 0 aromatic carbocycles. The van der Waals surface area contributed by atoms with E-state index in [0.717, 1.165) is 13.2 Å². The first kappa shape index (κ1) is 14.8. The highest BCUT2D eigenvalue weighted by Crippen LogP contribution is 2.36. The Labute approximate surface area is 103 Å². The minimum absolute atomic E-state index is 0.149. The molecule has 1 aromatic rings. The number of carbonyl (C=O) groups excluding carboxylic acids is 1. The summed E-state index contributed by atoms with van der Waals surface area (Å²) in [5, 5.41) is 8.63. The molecule has 9 heteroatoms. The predicted octanol–water partition coefficient (Wildman–Crippen LogP) is 2.70. The highest BCUT2D eigenvalue weighted by Gasteiger charge is 2.38. The van der Waals surface area contributed by atoms with Gasteiger partial charge in [-0.25, -0.2) is 18.6 Å². The topological polar surface area (TPSA) is 63.0 Å². The average Bonchev–Trinajstić information content (AvgIpc) is 2.34. The first-order valence-corrected chi connectivity index (χ1v) is 4.60. The maximum absolute atomic E-state index is 12.8. The molecule has 0 bridgehead atoms. The van der Waals surface area contributed by atoms with Gasteiger partial charge in [0.1, 0.15) is 6.07 Å². The minimum atomic E-state index is -5.03. The van der Waals surface area contributed by atoms with E-state index >= 15 is 0 Å². The Balaban J connectivity index is 3.68. The molecule has 0 amide bonds. The van der Waals surface area contributed by atoms with Crippen LogP contribution in [-0.4, -0.2) is 18.1 Å². The lowest BCUT2D eigenvalue weighted by atomic mass is 10.0. The van der Waals surface area contributed by atoms with Gasteiger partial charge < -0.3 is 4.74 Å². The number of nitriles is 1. The second kappa shape index (κ2) is 5.17. The summed E-state index contributed by atoms with van der Waals surface area (Å²) in [5.74, 6) is -1.35. The van der Waals surface area contributed by atoms with Crippen molar-refractivity contribution >= 4 is 5.97 Å². The molecule has 0 aliphatic rings. The van der Waals surface area contributed by atoms with Gasteiger partial charge >= 0.3 is 12.1 Å². The molecule has 0 atom stereocenters. The van der Waals surface area contributed by atoms with Gasteiger partial charge in [0, 0.05) is 6.20 Å². The summed E-state index contributed by atoms with van der Waals surface area (Å²) in [6.07, 6.45) is -8.36. The molecule has 0 N–H and O–H groups in total. The Bertz CT molecular complexity index is 548. The highest BCUT2D eigenvalue weighted by molar-refractivity contribution is 5.89. The SMILES string of the molecule is COC(=O)c1ncc(C(F)(F)F)c(C#N)c1C(F)F. The lowest BCUT2D eigenvalue weighted by molar-refractivity contribution is -0.138. The fourth-order valence-electron chi connectivity index (χ4n) is 1.33. The van der Waals surface area contributed by atoms with Gasteiger partial charge in [0.15, 0.2) is 5.69 Å². The fraction of sp³-hybridized carbons (Fsp3) is 0.300. The number of hydrogen-bond acceptors (Lipinski definition) is 4. The number of methoxy groups -OCH3 is 1. The van der Waals surface area contributed by atoms with Crippen LogP contribution < -0.4 is 0 Å². The third kappa shape index (κ3) is 2.78. The Morgan fingerprint density at radius 2 is 2.05 bits per heavy atom. The van der Waals surface area contributed by atoms with Crippen LogP contribution in [0.5, 0.6) is 0 Å². The molecule has 0 fully saturated rings. The number of alkyl halides is 5. The first-order valence-electron chi connectivity index (χ1n) is 4.60. The van der Waals surface area contributed by atoms with Crippen LogP contribution in [0.15, 0.2) is 6.20 Å². The van der Waals surface area contributed by atoms with E-state index in [0.29, 0.717) is 0 Å². The molecule has 0 aliphatic carbocycles. The van der Waals surface area contributed by atoms with Gasteiger partial charge in [0.05, 0.1) is 23.8 Å². The Morgan fingerprint density at radius 1 is 1.47 bits per heavy atom. The highest BCUT2D eigenvalue weighted by atomic mass is 19.4. The van der Waals surface area contributed by atoms with Crippen molar-refractivity contribution in [3.05, 3.63) is 28.6 Å². The van der Waals surface area contributed by atoms with Crippen LogP contribution in [0.1, 0.15) is 33.6 Å². The molecule has 19 heavy (non-hydrogen) atoms. The summed E-state index contributed by atoms with van der Waals surface area (Å²) in [6, 6.07) is 1.02. The molecule has 0 spiro atoms. The van der Waals surface area contributed by atoms with E-state index < -0.39 is 41.0 Å². The van der Waals surface area contributed by atoms with E-state index in [9.17, 15) is 26.7 Å². The molecule has 0 saturated carbocycles. The van der Waals surface area contributed by atoms with Gasteiger partial charge in [-0.15, -0.1) is 0 Å². The van der Waals surface area contributed by atoms with Gasteiger partial charge in [-0.05, 0) is 0 Å². The predicted molar refractivity (Wildman–Crippen MR) is 50.3 cm³/mol. The van der Waals surface area contributed by atoms with Crippen LogP contribution in [0.4, 0.5) is 22.0 Å². The van der Waals surface area contributed by atoms with E-state index in [4.69, 9.17) is 5.26 Å². The summed E-state index contributed by atoms with van der Waals surface area (Å²) in [5.41, 5.74) is -5.36. The second-order valence-electron chi connectivity index (χ2n) is 3.21. The lowest BCUT2D eigenvalue weighted by Gasteiger charge is -2.13. The van der Waals surface area contributed by atoms with Gasteiger partial charge in [-0.1, -0.05) is 0 Å². The van der Waals surface area contributed by atoms with Crippen molar-refractivity contribution in [1.82, 2.24) is 4.98 Å². The Morgan fingerprint density at radius 3 is 2.42 bits per heavy atom. The molecule has 0 aliphatic heterocycles.